The van der Waals surface area contributed by atoms with Gasteiger partial charge in [-0.25, -0.2) is 11.0 Å². The topological polar surface area (TPSA) is 79.3 Å². The van der Waals surface area contributed by atoms with Gasteiger partial charge >= 0.3 is 12.2 Å². The molecule has 9 nitrogen and oxygen atoms in total. The number of piperazine rings is 1. The molecular weight excluding hydrogens is 604 g/mol. The lowest BCUT2D eigenvalue weighted by molar-refractivity contribution is -0.137. The number of likely N-dealkylation sites (tertiary alicyclic amines) is 1. The normalized spacial score (nSPS) is 19.2. The number of halogens is 4. The van der Waals surface area contributed by atoms with Crippen LogP contribution in [0.15, 0.2) is 53.4 Å². The number of carbonyl (C=O) groups excluding carboxylic acids is 1. The molecule has 0 radical (unpaired) electrons. The summed E-state index contributed by atoms with van der Waals surface area (Å²) in [6.07, 6.45) is -1.23. The minimum atomic E-state index is -4.61. The Kier molecular flexibility index (Phi) is 8.33. The second kappa shape index (κ2) is 12.2. The van der Waals surface area contributed by atoms with Crippen LogP contribution in [0.2, 0.25) is 0 Å². The van der Waals surface area contributed by atoms with Crippen LogP contribution in [-0.4, -0.2) is 84.1 Å². The van der Waals surface area contributed by atoms with Crippen molar-refractivity contribution in [3.63, 3.8) is 0 Å². The molecule has 2 aliphatic rings. The van der Waals surface area contributed by atoms with Gasteiger partial charge in [0.15, 0.2) is 5.83 Å². The van der Waals surface area contributed by atoms with Gasteiger partial charge in [-0.2, -0.15) is 23.1 Å². The summed E-state index contributed by atoms with van der Waals surface area (Å²) in [4.78, 5) is 30.8. The maximum absolute atomic E-state index is 14.3. The van der Waals surface area contributed by atoms with E-state index in [2.05, 4.69) is 21.3 Å². The molecule has 1 amide bonds. The monoisotopic (exact) mass is 636 g/mol. The molecule has 0 N–H and O–H groups in total. The van der Waals surface area contributed by atoms with Crippen molar-refractivity contribution in [3.05, 3.63) is 71.5 Å². The van der Waals surface area contributed by atoms with E-state index in [4.69, 9.17) is 20.7 Å². The summed E-state index contributed by atoms with van der Waals surface area (Å²) >= 11 is 0. The number of benzene rings is 2. The Labute approximate surface area is 262 Å². The van der Waals surface area contributed by atoms with E-state index in [1.807, 2.05) is 11.9 Å². The Hall–Kier alpha value is -4.70. The highest BCUT2D eigenvalue weighted by Crippen LogP contribution is 2.44. The van der Waals surface area contributed by atoms with Crippen LogP contribution in [0.25, 0.3) is 37.8 Å². The van der Waals surface area contributed by atoms with Gasteiger partial charge < -0.3 is 28.7 Å². The van der Waals surface area contributed by atoms with Gasteiger partial charge in [0.25, 0.3) is 5.91 Å². The Morgan fingerprint density at radius 2 is 1.96 bits per heavy atom. The Balaban J connectivity index is 1.51. The largest absolute Gasteiger partial charge is 0.463 e. The molecule has 2 fully saturated rings. The predicted octanol–water partition coefficient (Wildman–Crippen LogP) is 6.26. The lowest BCUT2D eigenvalue weighted by Crippen LogP contribution is -2.56. The fourth-order valence-electron chi connectivity index (χ4n) is 6.43. The third kappa shape index (κ3) is 5.85. The molecule has 2 aromatic carbocycles. The Morgan fingerprint density at radius 1 is 1.15 bits per heavy atom. The van der Waals surface area contributed by atoms with Crippen molar-refractivity contribution in [1.82, 2.24) is 19.8 Å². The van der Waals surface area contributed by atoms with Crippen molar-refractivity contribution in [2.75, 3.05) is 51.3 Å². The Morgan fingerprint density at radius 3 is 2.65 bits per heavy atom. The molecule has 6 rings (SSSR count). The molecule has 2 atom stereocenters. The highest BCUT2D eigenvalue weighted by Gasteiger charge is 2.37. The van der Waals surface area contributed by atoms with E-state index in [-0.39, 0.29) is 54.9 Å². The number of alkyl halides is 3. The van der Waals surface area contributed by atoms with Gasteiger partial charge in [0.2, 0.25) is 6.54 Å². The van der Waals surface area contributed by atoms with Crippen LogP contribution in [0, 0.1) is 13.5 Å². The maximum atomic E-state index is 14.3. The van der Waals surface area contributed by atoms with Crippen LogP contribution in [0.3, 0.4) is 0 Å². The van der Waals surface area contributed by atoms with Crippen LogP contribution in [0.1, 0.15) is 24.0 Å². The number of anilines is 1. The van der Waals surface area contributed by atoms with Crippen LogP contribution in [0.5, 0.6) is 6.01 Å². The molecule has 4 heterocycles. The van der Waals surface area contributed by atoms with Gasteiger partial charge in [0.1, 0.15) is 24.0 Å². The molecule has 13 heteroatoms. The molecule has 0 unspecified atom stereocenters. The van der Waals surface area contributed by atoms with Crippen molar-refractivity contribution in [3.8, 4) is 17.1 Å². The molecular formula is C33H32F4N6O3. The second-order valence-electron chi connectivity index (χ2n) is 11.8. The van der Waals surface area contributed by atoms with Gasteiger partial charge in [-0.1, -0.05) is 24.3 Å². The number of amides is 1. The van der Waals surface area contributed by atoms with Crippen LogP contribution in [-0.2, 0) is 11.0 Å². The van der Waals surface area contributed by atoms with E-state index in [1.165, 1.54) is 17.2 Å². The molecule has 4 aromatic rings. The first-order valence-electron chi connectivity index (χ1n) is 14.9. The molecule has 2 aromatic heterocycles. The van der Waals surface area contributed by atoms with Crippen molar-refractivity contribution < 1.29 is 31.5 Å². The van der Waals surface area contributed by atoms with E-state index < -0.39 is 29.5 Å². The van der Waals surface area contributed by atoms with Gasteiger partial charge in [0.05, 0.1) is 22.7 Å². The standard InChI is InChI=1S/C33H32F4N6O3/c1-19-7-8-23(26(14-19)33(35,36)37)25-15-27-28(29-24(25)9-13-45-29)30(40-32(39-27)46-18-21-6-5-10-41(21)4)42-11-12-43(31(44)20(2)34)22(17-42)16-38-3/h7-9,13-15,21-22H,2,5-6,10-12,16-18H2,1,4H3/t21-,22-/m0/s1. The molecule has 0 bridgehead atoms. The minimum absolute atomic E-state index is 0.0164. The van der Waals surface area contributed by atoms with E-state index in [0.29, 0.717) is 34.3 Å². The number of ether oxygens (including phenoxy) is 1. The zero-order chi connectivity index (χ0) is 32.7. The fraction of sp³-hybridized carbons (Fsp3) is 0.394. The van der Waals surface area contributed by atoms with E-state index in [1.54, 1.807) is 25.1 Å². The zero-order valence-corrected chi connectivity index (χ0v) is 25.4. The first kappa shape index (κ1) is 31.3. The number of carbonyl (C=O) groups is 1. The van der Waals surface area contributed by atoms with Gasteiger partial charge in [-0.3, -0.25) is 4.79 Å². The molecule has 0 saturated carbocycles. The summed E-state index contributed by atoms with van der Waals surface area (Å²) in [7, 11) is 2.01. The Bertz CT molecular complexity index is 1870. The highest BCUT2D eigenvalue weighted by molar-refractivity contribution is 6.14. The first-order valence-corrected chi connectivity index (χ1v) is 14.9. The van der Waals surface area contributed by atoms with E-state index >= 15 is 0 Å². The van der Waals surface area contributed by atoms with E-state index in [0.717, 1.165) is 25.5 Å². The molecule has 240 valence electrons. The van der Waals surface area contributed by atoms with Gasteiger partial charge in [-0.15, -0.1) is 0 Å². The number of furan rings is 1. The lowest BCUT2D eigenvalue weighted by Gasteiger charge is -2.39. The van der Waals surface area contributed by atoms with Crippen molar-refractivity contribution >= 4 is 33.6 Å². The average Bonchev–Trinajstić information content (AvgIpc) is 3.67. The second-order valence-corrected chi connectivity index (χ2v) is 11.8. The smallest absolute Gasteiger partial charge is 0.417 e. The third-order valence-electron chi connectivity index (χ3n) is 8.79. The number of rotatable bonds is 7. The summed E-state index contributed by atoms with van der Waals surface area (Å²) < 4.78 is 68.8. The van der Waals surface area contributed by atoms with Gasteiger partial charge in [-0.05, 0) is 62.7 Å². The average molecular weight is 637 g/mol. The SMILES string of the molecule is [C-]#[N+]C[C@H]1CN(c2nc(OC[C@@H]3CCCN3C)nc3cc(-c4ccc(C)cc4C(F)(F)F)c4ccoc4c23)CCN1C(=O)C(=C)F. The number of fused-ring (bicyclic) bond motifs is 3. The third-order valence-corrected chi connectivity index (χ3v) is 8.79. The number of hydrogen-bond donors (Lipinski definition) is 0. The summed E-state index contributed by atoms with van der Waals surface area (Å²) in [5, 5.41) is 0.888. The van der Waals surface area contributed by atoms with Crippen molar-refractivity contribution in [2.24, 2.45) is 0 Å². The molecule has 2 aliphatic heterocycles. The highest BCUT2D eigenvalue weighted by atomic mass is 19.4. The number of likely N-dealkylation sites (N-methyl/N-ethyl adjacent to an activating group) is 1. The molecule has 0 spiro atoms. The minimum Gasteiger partial charge on any atom is -0.463 e. The molecule has 0 aliphatic carbocycles. The van der Waals surface area contributed by atoms with Crippen LogP contribution < -0.4 is 9.64 Å². The van der Waals surface area contributed by atoms with Crippen molar-refractivity contribution in [1.29, 1.82) is 0 Å². The predicted molar refractivity (Wildman–Crippen MR) is 165 cm³/mol. The summed E-state index contributed by atoms with van der Waals surface area (Å²) in [5.41, 5.74) is 0.565. The summed E-state index contributed by atoms with van der Waals surface area (Å²) in [5.74, 6) is -1.60. The lowest BCUT2D eigenvalue weighted by atomic mass is 9.93. The summed E-state index contributed by atoms with van der Waals surface area (Å²) in [6, 6.07) is 6.93. The first-order chi connectivity index (χ1) is 22.0. The van der Waals surface area contributed by atoms with E-state index in [9.17, 15) is 22.4 Å². The van der Waals surface area contributed by atoms with Crippen molar-refractivity contribution in [2.45, 2.75) is 38.0 Å². The number of hydrogen-bond acceptors (Lipinski definition) is 7. The summed E-state index contributed by atoms with van der Waals surface area (Å²) in [6.45, 7) is 13.8. The van der Waals surface area contributed by atoms with Crippen LogP contribution >= 0.6 is 0 Å². The molecule has 46 heavy (non-hydrogen) atoms. The quantitative estimate of drug-likeness (QED) is 0.135. The maximum Gasteiger partial charge on any atom is 0.417 e. The van der Waals surface area contributed by atoms with Gasteiger partial charge in [0, 0.05) is 31.1 Å². The number of aryl methyl sites for hydroxylation is 1. The molecule has 2 saturated heterocycles. The number of aromatic nitrogens is 2. The van der Waals surface area contributed by atoms with Crippen LogP contribution in [0.4, 0.5) is 23.4 Å². The zero-order valence-electron chi connectivity index (χ0n) is 25.4. The number of nitrogens with zero attached hydrogens (tertiary/aromatic N) is 6. The fourth-order valence-corrected chi connectivity index (χ4v) is 6.43.